The minimum Gasteiger partial charge on any atom is -0.380 e. The Morgan fingerprint density at radius 3 is 2.60 bits per heavy atom. The number of nitrogens with zero attached hydrogens (tertiary/aromatic N) is 2. The number of rotatable bonds is 5. The van der Waals surface area contributed by atoms with E-state index in [0.29, 0.717) is 24.3 Å². The molecule has 1 aromatic rings. The normalized spacial score (nSPS) is 22.8. The second-order valence-electron chi connectivity index (χ2n) is 5.38. The van der Waals surface area contributed by atoms with Gasteiger partial charge < -0.3 is 10.6 Å². The maximum atomic E-state index is 12.0. The fraction of sp³-hybridized carbons (Fsp3) is 0.714. The van der Waals surface area contributed by atoms with Gasteiger partial charge in [-0.15, -0.1) is 0 Å². The van der Waals surface area contributed by atoms with Crippen molar-refractivity contribution in [3.8, 4) is 0 Å². The third kappa shape index (κ3) is 3.52. The molecule has 0 radical (unpaired) electrons. The molecule has 112 valence electrons. The average molecular weight is 299 g/mol. The third-order valence-electron chi connectivity index (χ3n) is 3.92. The molecule has 1 aliphatic rings. The minimum atomic E-state index is -0.206. The second-order valence-corrected chi connectivity index (χ2v) is 5.76. The molecule has 6 heteroatoms. The topological polar surface area (TPSA) is 59.0 Å². The first kappa shape index (κ1) is 15.3. The van der Waals surface area contributed by atoms with Crippen molar-refractivity contribution >= 4 is 17.3 Å². The molecule has 1 aromatic heterocycles. The number of aryl methyl sites for hydroxylation is 1. The largest absolute Gasteiger partial charge is 0.380 e. The van der Waals surface area contributed by atoms with Crippen LogP contribution in [0.5, 0.6) is 0 Å². The predicted molar refractivity (Wildman–Crippen MR) is 82.5 cm³/mol. The molecule has 0 atom stereocenters. The van der Waals surface area contributed by atoms with Crippen LogP contribution in [-0.2, 0) is 6.54 Å². The molecule has 0 spiro atoms. The third-order valence-corrected chi connectivity index (χ3v) is 4.28. The lowest BCUT2D eigenvalue weighted by molar-refractivity contribution is 0.371. The molecule has 0 bridgehead atoms. The summed E-state index contributed by atoms with van der Waals surface area (Å²) >= 11 is 6.16. The second kappa shape index (κ2) is 7.09. The lowest BCUT2D eigenvalue weighted by Gasteiger charge is -2.29. The van der Waals surface area contributed by atoms with E-state index < -0.39 is 0 Å². The quantitative estimate of drug-likeness (QED) is 0.875. The average Bonchev–Trinajstić information content (AvgIpc) is 2.48. The number of aromatic nitrogens is 2. The van der Waals surface area contributed by atoms with Gasteiger partial charge in [-0.3, -0.25) is 4.79 Å². The van der Waals surface area contributed by atoms with E-state index in [2.05, 4.69) is 15.7 Å². The fourth-order valence-electron chi connectivity index (χ4n) is 2.68. The lowest BCUT2D eigenvalue weighted by Crippen LogP contribution is -2.35. The van der Waals surface area contributed by atoms with Gasteiger partial charge in [-0.1, -0.05) is 18.5 Å². The van der Waals surface area contributed by atoms with Crippen LogP contribution in [-0.4, -0.2) is 28.9 Å². The van der Waals surface area contributed by atoms with E-state index in [-0.39, 0.29) is 10.6 Å². The molecule has 0 unspecified atom stereocenters. The molecule has 1 heterocycles. The summed E-state index contributed by atoms with van der Waals surface area (Å²) in [5.41, 5.74) is 0.458. The predicted octanol–water partition coefficient (Wildman–Crippen LogP) is 2.25. The molecule has 1 fully saturated rings. The first-order valence-corrected chi connectivity index (χ1v) is 7.73. The van der Waals surface area contributed by atoms with Gasteiger partial charge in [-0.05, 0) is 39.2 Å². The first-order chi connectivity index (χ1) is 9.65. The zero-order chi connectivity index (χ0) is 14.5. The molecule has 5 nitrogen and oxygen atoms in total. The molecule has 2 rings (SSSR count). The van der Waals surface area contributed by atoms with E-state index in [1.165, 1.54) is 4.68 Å². The smallest absolute Gasteiger partial charge is 0.287 e. The highest BCUT2D eigenvalue weighted by Crippen LogP contribution is 2.24. The number of nitrogens with one attached hydrogen (secondary N) is 2. The van der Waals surface area contributed by atoms with E-state index in [1.807, 2.05) is 14.0 Å². The Bertz CT molecular complexity index is 494. The Morgan fingerprint density at radius 2 is 2.00 bits per heavy atom. The van der Waals surface area contributed by atoms with Crippen molar-refractivity contribution in [2.24, 2.45) is 0 Å². The van der Waals surface area contributed by atoms with Crippen LogP contribution < -0.4 is 16.2 Å². The van der Waals surface area contributed by atoms with Crippen LogP contribution >= 0.6 is 11.6 Å². The Hall–Kier alpha value is -1.07. The summed E-state index contributed by atoms with van der Waals surface area (Å²) in [7, 11) is 2.01. The molecule has 2 N–H and O–H groups in total. The van der Waals surface area contributed by atoms with Crippen molar-refractivity contribution in [1.29, 1.82) is 0 Å². The Kier molecular flexibility index (Phi) is 5.43. The molecule has 20 heavy (non-hydrogen) atoms. The molecule has 0 aromatic carbocycles. The van der Waals surface area contributed by atoms with E-state index in [0.717, 1.165) is 32.1 Å². The molecule has 0 aliphatic heterocycles. The summed E-state index contributed by atoms with van der Waals surface area (Å²) in [5.74, 6) is 0. The molecular weight excluding hydrogens is 276 g/mol. The number of anilines is 1. The zero-order valence-electron chi connectivity index (χ0n) is 12.2. The summed E-state index contributed by atoms with van der Waals surface area (Å²) in [5, 5.41) is 11.1. The van der Waals surface area contributed by atoms with Crippen LogP contribution in [0.15, 0.2) is 11.0 Å². The van der Waals surface area contributed by atoms with E-state index >= 15 is 0 Å². The maximum absolute atomic E-state index is 12.0. The number of hydrogen-bond acceptors (Lipinski definition) is 4. The van der Waals surface area contributed by atoms with E-state index in [9.17, 15) is 4.79 Å². The number of halogens is 1. The summed E-state index contributed by atoms with van der Waals surface area (Å²) < 4.78 is 1.42. The Morgan fingerprint density at radius 1 is 1.35 bits per heavy atom. The van der Waals surface area contributed by atoms with Crippen molar-refractivity contribution < 1.29 is 0 Å². The van der Waals surface area contributed by atoms with Crippen molar-refractivity contribution in [2.75, 3.05) is 12.4 Å². The Balaban J connectivity index is 2.03. The summed E-state index contributed by atoms with van der Waals surface area (Å²) in [6.45, 7) is 2.61. The van der Waals surface area contributed by atoms with Gasteiger partial charge in [-0.25, -0.2) is 4.68 Å². The van der Waals surface area contributed by atoms with Gasteiger partial charge in [0.05, 0.1) is 11.9 Å². The van der Waals surface area contributed by atoms with Crippen LogP contribution in [0.4, 0.5) is 5.69 Å². The van der Waals surface area contributed by atoms with Gasteiger partial charge in [0.2, 0.25) is 0 Å². The zero-order valence-corrected chi connectivity index (χ0v) is 12.9. The molecule has 0 saturated heterocycles. The lowest BCUT2D eigenvalue weighted by atomic mass is 9.91. The van der Waals surface area contributed by atoms with Crippen molar-refractivity contribution in [1.82, 2.24) is 15.1 Å². The van der Waals surface area contributed by atoms with Gasteiger partial charge >= 0.3 is 0 Å². The maximum Gasteiger partial charge on any atom is 0.287 e. The summed E-state index contributed by atoms with van der Waals surface area (Å²) in [6.07, 6.45) is 6.99. The monoisotopic (exact) mass is 298 g/mol. The molecule has 0 amide bonds. The molecule has 1 aliphatic carbocycles. The van der Waals surface area contributed by atoms with Crippen LogP contribution in [0.1, 0.15) is 39.0 Å². The fourth-order valence-corrected chi connectivity index (χ4v) is 2.88. The van der Waals surface area contributed by atoms with E-state index in [1.54, 1.807) is 6.20 Å². The standard InChI is InChI=1S/C14H23ClN4O/c1-3-8-19-14(20)13(15)12(9-17-19)18-11-6-4-10(16-2)5-7-11/h9-11,16,18H,3-8H2,1-2H3. The number of hydrogen-bond donors (Lipinski definition) is 2. The van der Waals surface area contributed by atoms with Gasteiger partial charge in [0.15, 0.2) is 0 Å². The highest BCUT2D eigenvalue weighted by molar-refractivity contribution is 6.32. The first-order valence-electron chi connectivity index (χ1n) is 7.35. The van der Waals surface area contributed by atoms with Crippen molar-refractivity contribution in [3.63, 3.8) is 0 Å². The highest BCUT2D eigenvalue weighted by atomic mass is 35.5. The van der Waals surface area contributed by atoms with Gasteiger partial charge in [0.25, 0.3) is 5.56 Å². The van der Waals surface area contributed by atoms with Crippen molar-refractivity contribution in [3.05, 3.63) is 21.6 Å². The minimum absolute atomic E-state index is 0.206. The SMILES string of the molecule is CCCn1ncc(NC2CCC(NC)CC2)c(Cl)c1=O. The van der Waals surface area contributed by atoms with Gasteiger partial charge in [0.1, 0.15) is 5.02 Å². The van der Waals surface area contributed by atoms with E-state index in [4.69, 9.17) is 11.6 Å². The van der Waals surface area contributed by atoms with Gasteiger partial charge in [0, 0.05) is 18.6 Å². The summed E-state index contributed by atoms with van der Waals surface area (Å²) in [6, 6.07) is 0.986. The van der Waals surface area contributed by atoms with Crippen LogP contribution in [0.2, 0.25) is 5.02 Å². The van der Waals surface area contributed by atoms with Crippen LogP contribution in [0, 0.1) is 0 Å². The molecular formula is C14H23ClN4O. The molecule has 1 saturated carbocycles. The van der Waals surface area contributed by atoms with Crippen LogP contribution in [0.25, 0.3) is 0 Å². The van der Waals surface area contributed by atoms with Crippen molar-refractivity contribution in [2.45, 2.75) is 57.7 Å². The summed E-state index contributed by atoms with van der Waals surface area (Å²) in [4.78, 5) is 12.0. The highest BCUT2D eigenvalue weighted by Gasteiger charge is 2.21. The Labute approximate surface area is 124 Å². The van der Waals surface area contributed by atoms with Gasteiger partial charge in [-0.2, -0.15) is 5.10 Å². The van der Waals surface area contributed by atoms with Crippen LogP contribution in [0.3, 0.4) is 0 Å².